The second kappa shape index (κ2) is 7.93. The van der Waals surface area contributed by atoms with Gasteiger partial charge in [0, 0.05) is 30.1 Å². The zero-order valence-corrected chi connectivity index (χ0v) is 15.0. The molecule has 3 rings (SSSR count). The average molecular weight is 363 g/mol. The van der Waals surface area contributed by atoms with E-state index in [4.69, 9.17) is 5.11 Å². The number of anilines is 1. The molecule has 25 heavy (non-hydrogen) atoms. The monoisotopic (exact) mass is 363 g/mol. The minimum Gasteiger partial charge on any atom is -0.480 e. The number of nitrogens with zero attached hydrogens (tertiary/aromatic N) is 3. The van der Waals surface area contributed by atoms with E-state index in [0.29, 0.717) is 17.3 Å². The van der Waals surface area contributed by atoms with Crippen LogP contribution in [0.25, 0.3) is 11.3 Å². The van der Waals surface area contributed by atoms with Crippen LogP contribution in [0.2, 0.25) is 0 Å². The van der Waals surface area contributed by atoms with Crippen molar-refractivity contribution in [3.8, 4) is 11.3 Å². The fourth-order valence-electron chi connectivity index (χ4n) is 3.30. The molecule has 0 amide bonds. The molecule has 0 aliphatic carbocycles. The van der Waals surface area contributed by atoms with Crippen molar-refractivity contribution in [1.82, 2.24) is 9.88 Å². The van der Waals surface area contributed by atoms with E-state index in [1.165, 1.54) is 17.4 Å². The largest absolute Gasteiger partial charge is 0.480 e. The molecule has 1 aliphatic heterocycles. The molecule has 5 nitrogen and oxygen atoms in total. The fraction of sp³-hybridized carbons (Fsp3) is 0.444. The zero-order valence-electron chi connectivity index (χ0n) is 14.2. The number of benzene rings is 1. The number of halogens is 1. The van der Waals surface area contributed by atoms with Crippen LogP contribution in [0.1, 0.15) is 19.8 Å². The van der Waals surface area contributed by atoms with Crippen LogP contribution in [0, 0.1) is 5.82 Å². The Bertz CT molecular complexity index is 729. The summed E-state index contributed by atoms with van der Waals surface area (Å²) in [6.45, 7) is 4.51. The Labute approximate surface area is 150 Å². The van der Waals surface area contributed by atoms with Crippen LogP contribution >= 0.6 is 11.3 Å². The van der Waals surface area contributed by atoms with Crippen LogP contribution in [0.3, 0.4) is 0 Å². The van der Waals surface area contributed by atoms with Gasteiger partial charge in [0.15, 0.2) is 5.13 Å². The first-order valence-electron chi connectivity index (χ1n) is 8.49. The SMILES string of the molecule is CCN(CC(=O)O)C1CCN(c2nc(-c3ccccc3F)cs2)CC1. The highest BCUT2D eigenvalue weighted by Crippen LogP contribution is 2.31. The normalized spacial score (nSPS) is 15.7. The van der Waals surface area contributed by atoms with Crippen LogP contribution in [0.5, 0.6) is 0 Å². The minimum atomic E-state index is -0.779. The highest BCUT2D eigenvalue weighted by molar-refractivity contribution is 7.14. The van der Waals surface area contributed by atoms with E-state index in [1.807, 2.05) is 23.3 Å². The number of rotatable bonds is 6. The van der Waals surface area contributed by atoms with Crippen molar-refractivity contribution in [3.63, 3.8) is 0 Å². The highest BCUT2D eigenvalue weighted by Gasteiger charge is 2.26. The maximum Gasteiger partial charge on any atom is 0.317 e. The molecular weight excluding hydrogens is 341 g/mol. The van der Waals surface area contributed by atoms with Gasteiger partial charge in [0.1, 0.15) is 5.82 Å². The first kappa shape index (κ1) is 17.8. The third kappa shape index (κ3) is 4.16. The van der Waals surface area contributed by atoms with Gasteiger partial charge in [0.2, 0.25) is 0 Å². The molecule has 1 fully saturated rings. The molecule has 0 spiro atoms. The quantitative estimate of drug-likeness (QED) is 0.853. The van der Waals surface area contributed by atoms with Crippen molar-refractivity contribution < 1.29 is 14.3 Å². The predicted octanol–water partition coefficient (Wildman–Crippen LogP) is 3.32. The molecule has 0 bridgehead atoms. The standard InChI is InChI=1S/C18H22FN3O2S/c1-2-21(11-17(23)24)13-7-9-22(10-8-13)18-20-16(12-25-18)14-5-3-4-6-15(14)19/h3-6,12-13H,2,7-11H2,1H3,(H,23,24). The van der Waals surface area contributed by atoms with Gasteiger partial charge in [0.05, 0.1) is 12.2 Å². The molecule has 1 aromatic carbocycles. The Morgan fingerprint density at radius 3 is 2.76 bits per heavy atom. The second-order valence-electron chi connectivity index (χ2n) is 6.17. The number of piperidine rings is 1. The summed E-state index contributed by atoms with van der Waals surface area (Å²) in [7, 11) is 0. The van der Waals surface area contributed by atoms with E-state index in [-0.39, 0.29) is 12.4 Å². The van der Waals surface area contributed by atoms with E-state index < -0.39 is 5.97 Å². The Hall–Kier alpha value is -1.99. The average Bonchev–Trinajstić information content (AvgIpc) is 3.10. The molecule has 0 saturated carbocycles. The lowest BCUT2D eigenvalue weighted by molar-refractivity contribution is -0.139. The molecular formula is C18H22FN3O2S. The molecule has 0 radical (unpaired) electrons. The van der Waals surface area contributed by atoms with Gasteiger partial charge in [-0.15, -0.1) is 11.3 Å². The molecule has 0 unspecified atom stereocenters. The zero-order chi connectivity index (χ0) is 17.8. The fourth-order valence-corrected chi connectivity index (χ4v) is 4.18. The molecule has 2 heterocycles. The van der Waals surface area contributed by atoms with E-state index in [9.17, 15) is 9.18 Å². The Kier molecular flexibility index (Phi) is 5.65. The summed E-state index contributed by atoms with van der Waals surface area (Å²) < 4.78 is 13.9. The summed E-state index contributed by atoms with van der Waals surface area (Å²) in [5, 5.41) is 11.8. The number of aromatic nitrogens is 1. The van der Waals surface area contributed by atoms with Crippen molar-refractivity contribution in [2.75, 3.05) is 31.1 Å². The summed E-state index contributed by atoms with van der Waals surface area (Å²) in [6.07, 6.45) is 1.82. The topological polar surface area (TPSA) is 56.7 Å². The number of hydrogen-bond donors (Lipinski definition) is 1. The number of thiazole rings is 1. The number of hydrogen-bond acceptors (Lipinski definition) is 5. The summed E-state index contributed by atoms with van der Waals surface area (Å²) in [5.74, 6) is -1.04. The van der Waals surface area contributed by atoms with Crippen molar-refractivity contribution in [1.29, 1.82) is 0 Å². The van der Waals surface area contributed by atoms with Gasteiger partial charge in [-0.2, -0.15) is 0 Å². The van der Waals surface area contributed by atoms with Crippen LogP contribution < -0.4 is 4.90 Å². The lowest BCUT2D eigenvalue weighted by atomic mass is 10.0. The molecule has 134 valence electrons. The maximum atomic E-state index is 13.9. The van der Waals surface area contributed by atoms with E-state index in [0.717, 1.165) is 37.6 Å². The summed E-state index contributed by atoms with van der Waals surface area (Å²) in [5.41, 5.74) is 1.19. The molecule has 2 aromatic rings. The van der Waals surface area contributed by atoms with Crippen molar-refractivity contribution in [2.24, 2.45) is 0 Å². The Morgan fingerprint density at radius 1 is 1.40 bits per heavy atom. The number of carboxylic acid groups (broad SMARTS) is 1. The van der Waals surface area contributed by atoms with Crippen LogP contribution in [0.4, 0.5) is 9.52 Å². The van der Waals surface area contributed by atoms with Crippen molar-refractivity contribution >= 4 is 22.4 Å². The Morgan fingerprint density at radius 2 is 2.12 bits per heavy atom. The van der Waals surface area contributed by atoms with Gasteiger partial charge in [-0.1, -0.05) is 19.1 Å². The van der Waals surface area contributed by atoms with E-state index in [1.54, 1.807) is 12.1 Å². The first-order chi connectivity index (χ1) is 12.1. The summed E-state index contributed by atoms with van der Waals surface area (Å²) in [4.78, 5) is 19.8. The number of aliphatic carboxylic acids is 1. The third-order valence-corrected chi connectivity index (χ3v) is 5.54. The van der Waals surface area contributed by atoms with Crippen LogP contribution in [-0.4, -0.2) is 53.2 Å². The molecule has 7 heteroatoms. The second-order valence-corrected chi connectivity index (χ2v) is 7.01. The molecule has 1 saturated heterocycles. The molecule has 1 aliphatic rings. The third-order valence-electron chi connectivity index (χ3n) is 4.64. The van der Waals surface area contributed by atoms with Gasteiger partial charge in [-0.25, -0.2) is 9.37 Å². The summed E-state index contributed by atoms with van der Waals surface area (Å²) in [6, 6.07) is 6.97. The lowest BCUT2D eigenvalue weighted by Gasteiger charge is -2.37. The number of carboxylic acids is 1. The van der Waals surface area contributed by atoms with Crippen LogP contribution in [0.15, 0.2) is 29.6 Å². The highest BCUT2D eigenvalue weighted by atomic mass is 32.1. The number of likely N-dealkylation sites (N-methyl/N-ethyl adjacent to an activating group) is 1. The van der Waals surface area contributed by atoms with Gasteiger partial charge >= 0.3 is 5.97 Å². The van der Waals surface area contributed by atoms with Gasteiger partial charge in [-0.3, -0.25) is 9.69 Å². The van der Waals surface area contributed by atoms with Gasteiger partial charge in [-0.05, 0) is 31.5 Å². The summed E-state index contributed by atoms with van der Waals surface area (Å²) >= 11 is 1.53. The first-order valence-corrected chi connectivity index (χ1v) is 9.37. The molecule has 1 aromatic heterocycles. The maximum absolute atomic E-state index is 13.9. The van der Waals surface area contributed by atoms with E-state index >= 15 is 0 Å². The van der Waals surface area contributed by atoms with Crippen molar-refractivity contribution in [3.05, 3.63) is 35.5 Å². The Balaban J connectivity index is 1.64. The number of carbonyl (C=O) groups is 1. The van der Waals surface area contributed by atoms with Crippen LogP contribution in [-0.2, 0) is 4.79 Å². The minimum absolute atomic E-state index is 0.0931. The van der Waals surface area contributed by atoms with Gasteiger partial charge in [0.25, 0.3) is 0 Å². The smallest absolute Gasteiger partial charge is 0.317 e. The lowest BCUT2D eigenvalue weighted by Crippen LogP contribution is -2.46. The molecule has 0 atom stereocenters. The van der Waals surface area contributed by atoms with Crippen molar-refractivity contribution in [2.45, 2.75) is 25.8 Å². The molecule has 1 N–H and O–H groups in total. The van der Waals surface area contributed by atoms with Gasteiger partial charge < -0.3 is 10.0 Å². The van der Waals surface area contributed by atoms with E-state index in [2.05, 4.69) is 9.88 Å². The predicted molar refractivity (Wildman–Crippen MR) is 97.6 cm³/mol.